The lowest BCUT2D eigenvalue weighted by Gasteiger charge is -2.25. The van der Waals surface area contributed by atoms with Crippen LogP contribution < -0.4 is 0 Å². The fraction of sp³-hybridized carbons (Fsp3) is 0.333. The van der Waals surface area contributed by atoms with Crippen LogP contribution in [0.15, 0.2) is 6.20 Å². The average molecular weight is 349 g/mol. The van der Waals surface area contributed by atoms with Gasteiger partial charge in [0.2, 0.25) is 8.13 Å². The Morgan fingerprint density at radius 1 is 1.00 bits per heavy atom. The van der Waals surface area contributed by atoms with Crippen molar-refractivity contribution in [1.29, 1.82) is 0 Å². The molecule has 0 aliphatic heterocycles. The van der Waals surface area contributed by atoms with E-state index >= 15 is 0 Å². The van der Waals surface area contributed by atoms with Gasteiger partial charge in [-0.1, -0.05) is 81.2 Å². The van der Waals surface area contributed by atoms with Gasteiger partial charge in [0.15, 0.2) is 11.0 Å². The van der Waals surface area contributed by atoms with Gasteiger partial charge >= 0.3 is 0 Å². The van der Waals surface area contributed by atoms with E-state index in [1.165, 1.54) is 6.20 Å². The second kappa shape index (κ2) is 4.77. The zero-order valence-corrected chi connectivity index (χ0v) is 11.9. The van der Waals surface area contributed by atoms with E-state index in [9.17, 15) is 0 Å². The van der Waals surface area contributed by atoms with Crippen molar-refractivity contribution in [2.24, 2.45) is 0 Å². The van der Waals surface area contributed by atoms with E-state index in [0.29, 0.717) is 0 Å². The number of hydrogen-bond acceptors (Lipinski definition) is 2. The molecule has 0 amide bonds. The van der Waals surface area contributed by atoms with Crippen LogP contribution in [0.3, 0.4) is 0 Å². The molecule has 84 valence electrons. The summed E-state index contributed by atoms with van der Waals surface area (Å²) in [6, 6.07) is 0. The van der Waals surface area contributed by atoms with Gasteiger partial charge in [-0.15, -0.1) is 0 Å². The minimum atomic E-state index is -1.99. The molecular formula is C6HCl7N2. The molecule has 0 saturated carbocycles. The Bertz CT molecular complexity index is 372. The normalized spacial score (nSPS) is 13.0. The molecule has 0 aromatic carbocycles. The van der Waals surface area contributed by atoms with Crippen molar-refractivity contribution in [2.75, 3.05) is 0 Å². The molecule has 0 aliphatic rings. The van der Waals surface area contributed by atoms with Crippen LogP contribution in [-0.4, -0.2) is 13.8 Å². The zero-order valence-electron chi connectivity index (χ0n) is 6.62. The highest BCUT2D eigenvalue weighted by atomic mass is 35.6. The quantitative estimate of drug-likeness (QED) is 0.538. The van der Waals surface area contributed by atoms with E-state index in [4.69, 9.17) is 81.2 Å². The van der Waals surface area contributed by atoms with Crippen LogP contribution in [0.1, 0.15) is 5.82 Å². The van der Waals surface area contributed by atoms with Crippen molar-refractivity contribution in [1.82, 2.24) is 9.97 Å². The fourth-order valence-electron chi connectivity index (χ4n) is 0.624. The number of nitrogens with zero attached hydrogens (tertiary/aromatic N) is 2. The lowest BCUT2D eigenvalue weighted by molar-refractivity contribution is 0.784. The summed E-state index contributed by atoms with van der Waals surface area (Å²) in [7, 11) is 0. The van der Waals surface area contributed by atoms with Crippen molar-refractivity contribution in [2.45, 2.75) is 8.13 Å². The molecule has 0 aliphatic carbocycles. The van der Waals surface area contributed by atoms with Gasteiger partial charge in [-0.05, 0) is 0 Å². The molecule has 2 nitrogen and oxygen atoms in total. The average Bonchev–Trinajstić information content (AvgIpc) is 2.07. The second-order valence-electron chi connectivity index (χ2n) is 2.40. The van der Waals surface area contributed by atoms with Crippen molar-refractivity contribution >= 4 is 81.2 Å². The first kappa shape index (κ1) is 14.2. The summed E-state index contributed by atoms with van der Waals surface area (Å²) < 4.78 is -3.90. The number of alkyl halides is 5. The number of aromatic nitrogens is 2. The molecule has 1 aromatic heterocycles. The van der Waals surface area contributed by atoms with E-state index in [1.54, 1.807) is 0 Å². The maximum atomic E-state index is 5.80. The molecule has 15 heavy (non-hydrogen) atoms. The maximum Gasteiger partial charge on any atom is 0.230 e. The molecule has 1 aromatic rings. The largest absolute Gasteiger partial charge is 0.236 e. The highest BCUT2D eigenvalue weighted by Gasteiger charge is 2.50. The van der Waals surface area contributed by atoms with Crippen LogP contribution in [-0.2, 0) is 4.33 Å². The van der Waals surface area contributed by atoms with E-state index in [0.717, 1.165) is 0 Å². The molecule has 0 bridgehead atoms. The topological polar surface area (TPSA) is 25.8 Å². The Morgan fingerprint density at radius 2 is 1.53 bits per heavy atom. The van der Waals surface area contributed by atoms with Crippen LogP contribution >= 0.6 is 81.2 Å². The summed E-state index contributed by atoms with van der Waals surface area (Å²) >= 11 is 39.5. The first-order valence-electron chi connectivity index (χ1n) is 3.29. The molecule has 0 unspecified atom stereocenters. The van der Waals surface area contributed by atoms with Crippen molar-refractivity contribution in [3.05, 3.63) is 22.2 Å². The minimum absolute atomic E-state index is 0.0263. The van der Waals surface area contributed by atoms with Gasteiger partial charge in [-0.2, -0.15) is 0 Å². The van der Waals surface area contributed by atoms with E-state index in [-0.39, 0.29) is 16.0 Å². The molecule has 9 heteroatoms. The van der Waals surface area contributed by atoms with Crippen LogP contribution in [0, 0.1) is 0 Å². The standard InChI is InChI=1S/C6HCl7N2/c7-2-1-14-4(15-3(2)8)5(9,10)6(11,12)13/h1H. The predicted molar refractivity (Wildman–Crippen MR) is 65.7 cm³/mol. The number of halogens is 7. The van der Waals surface area contributed by atoms with Crippen molar-refractivity contribution < 1.29 is 0 Å². The first-order valence-corrected chi connectivity index (χ1v) is 5.94. The van der Waals surface area contributed by atoms with Crippen LogP contribution in [0.5, 0.6) is 0 Å². The third-order valence-corrected chi connectivity index (χ3v) is 4.34. The summed E-state index contributed by atoms with van der Waals surface area (Å²) in [4.78, 5) is 7.45. The van der Waals surface area contributed by atoms with Gasteiger partial charge in [0.1, 0.15) is 0 Å². The van der Waals surface area contributed by atoms with Crippen LogP contribution in [0.4, 0.5) is 0 Å². The van der Waals surface area contributed by atoms with Crippen LogP contribution in [0.2, 0.25) is 10.2 Å². The molecule has 1 rings (SSSR count). The van der Waals surface area contributed by atoms with Gasteiger partial charge in [0, 0.05) is 0 Å². The predicted octanol–water partition coefficient (Wildman–Crippen LogP) is 4.78. The SMILES string of the molecule is Clc1cnc(C(Cl)(Cl)C(Cl)(Cl)Cl)nc1Cl. The lowest BCUT2D eigenvalue weighted by atomic mass is 10.4. The van der Waals surface area contributed by atoms with Crippen LogP contribution in [0.25, 0.3) is 0 Å². The third-order valence-electron chi connectivity index (χ3n) is 1.34. The van der Waals surface area contributed by atoms with E-state index < -0.39 is 8.13 Å². The first-order chi connectivity index (χ1) is 6.66. The highest BCUT2D eigenvalue weighted by molar-refractivity contribution is 6.75. The molecular weight excluding hydrogens is 348 g/mol. The third kappa shape index (κ3) is 3.06. The van der Waals surface area contributed by atoms with Gasteiger partial charge in [0.05, 0.1) is 11.2 Å². The summed E-state index contributed by atoms with van der Waals surface area (Å²) in [5, 5.41) is 0.121. The summed E-state index contributed by atoms with van der Waals surface area (Å²) in [5.74, 6) is -0.139. The minimum Gasteiger partial charge on any atom is -0.236 e. The Kier molecular flexibility index (Phi) is 4.51. The summed E-state index contributed by atoms with van der Waals surface area (Å²) in [6.45, 7) is 0. The number of hydrogen-bond donors (Lipinski definition) is 0. The Labute approximate surface area is 121 Å². The van der Waals surface area contributed by atoms with Gasteiger partial charge in [0.25, 0.3) is 0 Å². The Balaban J connectivity index is 3.22. The zero-order chi connectivity index (χ0) is 11.9. The summed E-state index contributed by atoms with van der Waals surface area (Å²) in [5.41, 5.74) is 0. The van der Waals surface area contributed by atoms with Crippen molar-refractivity contribution in [3.8, 4) is 0 Å². The Morgan fingerprint density at radius 3 is 1.93 bits per heavy atom. The maximum absolute atomic E-state index is 5.80. The molecule has 0 saturated heterocycles. The molecule has 0 atom stereocenters. The van der Waals surface area contributed by atoms with E-state index in [1.807, 2.05) is 0 Å². The van der Waals surface area contributed by atoms with Gasteiger partial charge < -0.3 is 0 Å². The summed E-state index contributed by atoms with van der Waals surface area (Å²) in [6.07, 6.45) is 1.21. The Hall–Kier alpha value is 1.11. The molecule has 0 spiro atoms. The molecule has 1 heterocycles. The highest BCUT2D eigenvalue weighted by Crippen LogP contribution is 2.51. The fourth-order valence-corrected chi connectivity index (χ4v) is 1.28. The molecule has 0 fully saturated rings. The second-order valence-corrected chi connectivity index (χ2v) is 6.78. The number of rotatable bonds is 1. The lowest BCUT2D eigenvalue weighted by Crippen LogP contribution is -2.30. The van der Waals surface area contributed by atoms with Crippen molar-refractivity contribution in [3.63, 3.8) is 0 Å². The monoisotopic (exact) mass is 346 g/mol. The smallest absolute Gasteiger partial charge is 0.230 e. The molecule has 0 radical (unpaired) electrons. The van der Waals surface area contributed by atoms with Gasteiger partial charge in [-0.25, -0.2) is 9.97 Å². The van der Waals surface area contributed by atoms with E-state index in [2.05, 4.69) is 9.97 Å². The molecule has 0 N–H and O–H groups in total. The van der Waals surface area contributed by atoms with Gasteiger partial charge in [-0.3, -0.25) is 0 Å².